The molecule has 0 aromatic carbocycles. The Bertz CT molecular complexity index is 828. The van der Waals surface area contributed by atoms with Gasteiger partial charge in [-0.1, -0.05) is 220 Å². The van der Waals surface area contributed by atoms with Gasteiger partial charge in [0.15, 0.2) is 6.10 Å². The van der Waals surface area contributed by atoms with Gasteiger partial charge in [-0.15, -0.1) is 0 Å². The fraction of sp³-hybridized carbons (Fsp3) is 0.981. The first kappa shape index (κ1) is 59.1. The number of alkyl carbamates (subject to hydrolysis) is 1. The van der Waals surface area contributed by atoms with Crippen LogP contribution in [0.2, 0.25) is 0 Å². The molecule has 0 aliphatic rings. The Hall–Kier alpha value is -0.890. The van der Waals surface area contributed by atoms with E-state index in [0.29, 0.717) is 46.0 Å². The molecule has 0 aromatic heterocycles. The molecule has 2 atom stereocenters. The summed E-state index contributed by atoms with van der Waals surface area (Å²) in [5.74, 6) is 0. The molecule has 0 saturated heterocycles. The zero-order valence-corrected chi connectivity index (χ0v) is 41.7. The first-order chi connectivity index (χ1) is 29.3. The summed E-state index contributed by atoms with van der Waals surface area (Å²) < 4.78 is 30.0. The maximum Gasteiger partial charge on any atom is 0.407 e. The molecule has 1 N–H and O–H groups in total. The Kier molecular flexibility index (Phi) is 44.0. The van der Waals surface area contributed by atoms with Crippen molar-refractivity contribution >= 4 is 6.09 Å². The van der Waals surface area contributed by atoms with Gasteiger partial charge in [-0.05, 0) is 52.4 Å². The van der Waals surface area contributed by atoms with Crippen LogP contribution in [0.4, 0.5) is 4.79 Å². The van der Waals surface area contributed by atoms with Crippen LogP contribution in [-0.4, -0.2) is 70.1 Å². The van der Waals surface area contributed by atoms with E-state index in [-0.39, 0.29) is 11.2 Å². The second kappa shape index (κ2) is 44.7. The van der Waals surface area contributed by atoms with Crippen molar-refractivity contribution in [1.29, 1.82) is 0 Å². The fourth-order valence-electron chi connectivity index (χ4n) is 7.96. The molecule has 2 unspecified atom stereocenters. The number of hydrogen-bond donors (Lipinski definition) is 1. The van der Waals surface area contributed by atoms with Crippen LogP contribution >= 0.6 is 0 Å². The maximum atomic E-state index is 12.9. The highest BCUT2D eigenvalue weighted by Gasteiger charge is 2.26. The lowest BCUT2D eigenvalue weighted by molar-refractivity contribution is -0.0775. The molecule has 1 amide bonds. The number of amides is 1. The number of carbonyl (C=O) groups excluding carboxylic acids is 1. The number of unbranched alkanes of at least 4 members (excludes halogenated alkanes) is 30. The molecule has 0 bridgehead atoms. The van der Waals surface area contributed by atoms with Crippen LogP contribution in [0.3, 0.4) is 0 Å². The van der Waals surface area contributed by atoms with Crippen LogP contribution in [0, 0.1) is 0 Å². The molecule has 60 heavy (non-hydrogen) atoms. The first-order valence-electron chi connectivity index (χ1n) is 26.6. The average molecular weight is 854 g/mol. The third kappa shape index (κ3) is 39.9. The van der Waals surface area contributed by atoms with Gasteiger partial charge in [-0.3, -0.25) is 0 Å². The number of methoxy groups -OCH3 is 1. The lowest BCUT2D eigenvalue weighted by Gasteiger charge is -2.32. The third-order valence-electron chi connectivity index (χ3n) is 13.2. The topological polar surface area (TPSA) is 75.3 Å². The molecule has 0 aliphatic heterocycles. The van der Waals surface area contributed by atoms with Crippen LogP contribution in [0.1, 0.15) is 273 Å². The summed E-state index contributed by atoms with van der Waals surface area (Å²) in [5.41, 5.74) is -0.491. The van der Waals surface area contributed by atoms with Gasteiger partial charge in [0.25, 0.3) is 0 Å². The fourth-order valence-corrected chi connectivity index (χ4v) is 7.96. The summed E-state index contributed by atoms with van der Waals surface area (Å²) in [5, 5.41) is 2.98. The smallest absolute Gasteiger partial charge is 0.407 e. The summed E-state index contributed by atoms with van der Waals surface area (Å²) in [6.07, 6.45) is 46.0. The van der Waals surface area contributed by atoms with Gasteiger partial charge >= 0.3 is 6.09 Å². The van der Waals surface area contributed by atoms with E-state index in [9.17, 15) is 4.79 Å². The molecule has 0 radical (unpaired) electrons. The normalized spacial score (nSPS) is 13.8. The Morgan fingerprint density at radius 1 is 0.450 bits per heavy atom. The molecule has 0 saturated carbocycles. The standard InChI is InChI=1S/C53H107NO6/c1-8-12-14-16-18-20-22-24-26-28-30-32-34-36-38-40-45-57-48-50(60-51(55)54-44-42-53(6,11-4)59-47-43-52(5,10-3)56-7)49-58-46-41-39-37-35-33-31-29-27-25-23-21-19-17-15-13-9-2/h50H,8-49H2,1-7H3,(H,54,55). The number of hydrogen-bond acceptors (Lipinski definition) is 6. The minimum Gasteiger partial charge on any atom is -0.441 e. The van der Waals surface area contributed by atoms with Crippen molar-refractivity contribution < 1.29 is 28.5 Å². The van der Waals surface area contributed by atoms with Crippen LogP contribution in [0.15, 0.2) is 0 Å². The van der Waals surface area contributed by atoms with E-state index < -0.39 is 12.2 Å². The number of carbonyl (C=O) groups is 1. The molecular formula is C53H107NO6. The van der Waals surface area contributed by atoms with Crippen LogP contribution in [0.5, 0.6) is 0 Å². The van der Waals surface area contributed by atoms with Gasteiger partial charge in [0, 0.05) is 26.9 Å². The Labute approximate surface area is 375 Å². The predicted octanol–water partition coefficient (Wildman–Crippen LogP) is 16.4. The van der Waals surface area contributed by atoms with E-state index >= 15 is 0 Å². The predicted molar refractivity (Wildman–Crippen MR) is 259 cm³/mol. The van der Waals surface area contributed by atoms with Crippen molar-refractivity contribution in [3.63, 3.8) is 0 Å². The number of rotatable bonds is 49. The molecule has 0 fully saturated rings. The second-order valence-corrected chi connectivity index (χ2v) is 18.9. The van der Waals surface area contributed by atoms with Crippen molar-refractivity contribution in [1.82, 2.24) is 5.32 Å². The molecule has 0 aliphatic carbocycles. The average Bonchev–Trinajstić information content (AvgIpc) is 3.25. The van der Waals surface area contributed by atoms with Gasteiger partial charge < -0.3 is 29.0 Å². The molecular weight excluding hydrogens is 747 g/mol. The van der Waals surface area contributed by atoms with E-state index in [1.165, 1.54) is 193 Å². The zero-order valence-electron chi connectivity index (χ0n) is 41.7. The van der Waals surface area contributed by atoms with Gasteiger partial charge in [-0.2, -0.15) is 0 Å². The molecule has 7 nitrogen and oxygen atoms in total. The van der Waals surface area contributed by atoms with Crippen LogP contribution < -0.4 is 5.32 Å². The van der Waals surface area contributed by atoms with Crippen molar-refractivity contribution in [3.05, 3.63) is 0 Å². The molecule has 0 aromatic rings. The van der Waals surface area contributed by atoms with Crippen molar-refractivity contribution in [3.8, 4) is 0 Å². The zero-order chi connectivity index (χ0) is 44.1. The SMILES string of the molecule is CCCCCCCCCCCCCCCCCCOCC(COCCCCCCCCCCCCCCCCCC)OC(=O)NCCC(C)(CC)OCCC(C)(CC)OC. The summed E-state index contributed by atoms with van der Waals surface area (Å²) in [6.45, 7) is 16.4. The quantitative estimate of drug-likeness (QED) is 0.0615. The van der Waals surface area contributed by atoms with Crippen LogP contribution in [0.25, 0.3) is 0 Å². The largest absolute Gasteiger partial charge is 0.441 e. The minimum absolute atomic E-state index is 0.173. The monoisotopic (exact) mass is 854 g/mol. The summed E-state index contributed by atoms with van der Waals surface area (Å²) in [6, 6.07) is 0. The molecule has 0 spiro atoms. The van der Waals surface area contributed by atoms with E-state index in [4.69, 9.17) is 23.7 Å². The summed E-state index contributed by atoms with van der Waals surface area (Å²) >= 11 is 0. The molecule has 0 rings (SSSR count). The first-order valence-corrected chi connectivity index (χ1v) is 26.6. The Balaban J connectivity index is 4.35. The summed E-state index contributed by atoms with van der Waals surface area (Å²) in [4.78, 5) is 12.9. The maximum absolute atomic E-state index is 12.9. The van der Waals surface area contributed by atoms with Crippen molar-refractivity contribution in [2.24, 2.45) is 0 Å². The highest BCUT2D eigenvalue weighted by molar-refractivity contribution is 5.67. The van der Waals surface area contributed by atoms with E-state index in [0.717, 1.165) is 32.1 Å². The lowest BCUT2D eigenvalue weighted by atomic mass is 9.97. The van der Waals surface area contributed by atoms with Gasteiger partial charge in [0.2, 0.25) is 0 Å². The van der Waals surface area contributed by atoms with Crippen LogP contribution in [-0.2, 0) is 23.7 Å². The number of ether oxygens (including phenoxy) is 5. The van der Waals surface area contributed by atoms with E-state index in [2.05, 4.69) is 46.9 Å². The van der Waals surface area contributed by atoms with Crippen molar-refractivity contribution in [2.45, 2.75) is 290 Å². The number of nitrogens with one attached hydrogen (secondary N) is 1. The Morgan fingerprint density at radius 2 is 0.783 bits per heavy atom. The van der Waals surface area contributed by atoms with Gasteiger partial charge in [0.1, 0.15) is 0 Å². The van der Waals surface area contributed by atoms with Gasteiger partial charge in [0.05, 0.1) is 31.0 Å². The second-order valence-electron chi connectivity index (χ2n) is 18.9. The summed E-state index contributed by atoms with van der Waals surface area (Å²) in [7, 11) is 1.77. The third-order valence-corrected chi connectivity index (χ3v) is 13.2. The molecule has 7 heteroatoms. The molecule has 0 heterocycles. The van der Waals surface area contributed by atoms with Crippen molar-refractivity contribution in [2.75, 3.05) is 46.7 Å². The van der Waals surface area contributed by atoms with E-state index in [1.54, 1.807) is 7.11 Å². The van der Waals surface area contributed by atoms with Gasteiger partial charge in [-0.25, -0.2) is 4.79 Å². The Morgan fingerprint density at radius 3 is 1.10 bits per heavy atom. The lowest BCUT2D eigenvalue weighted by Crippen LogP contribution is -2.39. The molecule has 360 valence electrons. The highest BCUT2D eigenvalue weighted by atomic mass is 16.6. The van der Waals surface area contributed by atoms with E-state index in [1.807, 2.05) is 0 Å². The highest BCUT2D eigenvalue weighted by Crippen LogP contribution is 2.24. The minimum atomic E-state index is -0.415.